The van der Waals surface area contributed by atoms with E-state index in [9.17, 15) is 0 Å². The summed E-state index contributed by atoms with van der Waals surface area (Å²) in [6, 6.07) is 16.7. The van der Waals surface area contributed by atoms with Gasteiger partial charge in [-0.1, -0.05) is 57.9 Å². The SMILES string of the molecule is CCCOc1ccc(COc2ccc(CC(CC)CC)cc2)cc1. The minimum absolute atomic E-state index is 0.583. The summed E-state index contributed by atoms with van der Waals surface area (Å²) >= 11 is 0. The van der Waals surface area contributed by atoms with Crippen LogP contribution in [0.3, 0.4) is 0 Å². The van der Waals surface area contributed by atoms with Gasteiger partial charge in [-0.3, -0.25) is 0 Å². The Morgan fingerprint density at radius 1 is 0.708 bits per heavy atom. The van der Waals surface area contributed by atoms with Crippen molar-refractivity contribution in [2.75, 3.05) is 6.61 Å². The lowest BCUT2D eigenvalue weighted by Crippen LogP contribution is -2.01. The molecule has 0 fully saturated rings. The molecule has 130 valence electrons. The van der Waals surface area contributed by atoms with E-state index in [-0.39, 0.29) is 0 Å². The number of benzene rings is 2. The Balaban J connectivity index is 1.83. The van der Waals surface area contributed by atoms with Crippen molar-refractivity contribution < 1.29 is 9.47 Å². The van der Waals surface area contributed by atoms with Crippen molar-refractivity contribution in [2.45, 2.75) is 53.1 Å². The Hall–Kier alpha value is -1.96. The second kappa shape index (κ2) is 10.0. The Morgan fingerprint density at radius 2 is 1.25 bits per heavy atom. The lowest BCUT2D eigenvalue weighted by atomic mass is 9.95. The van der Waals surface area contributed by atoms with Gasteiger partial charge >= 0.3 is 0 Å². The summed E-state index contributed by atoms with van der Waals surface area (Å²) in [5.41, 5.74) is 2.55. The topological polar surface area (TPSA) is 18.5 Å². The molecule has 0 heterocycles. The summed E-state index contributed by atoms with van der Waals surface area (Å²) in [4.78, 5) is 0. The third-order valence-corrected chi connectivity index (χ3v) is 4.40. The maximum atomic E-state index is 5.88. The normalized spacial score (nSPS) is 10.8. The van der Waals surface area contributed by atoms with Crippen molar-refractivity contribution in [2.24, 2.45) is 5.92 Å². The lowest BCUT2D eigenvalue weighted by molar-refractivity contribution is 0.304. The molecule has 2 nitrogen and oxygen atoms in total. The van der Waals surface area contributed by atoms with Crippen LogP contribution in [0.2, 0.25) is 0 Å². The predicted octanol–water partition coefficient (Wildman–Crippen LogP) is 6.03. The summed E-state index contributed by atoms with van der Waals surface area (Å²) in [5, 5.41) is 0. The minimum Gasteiger partial charge on any atom is -0.494 e. The largest absolute Gasteiger partial charge is 0.494 e. The molecular formula is C22H30O2. The molecule has 0 aliphatic rings. The van der Waals surface area contributed by atoms with Crippen molar-refractivity contribution in [3.8, 4) is 11.5 Å². The summed E-state index contributed by atoms with van der Waals surface area (Å²) in [5.74, 6) is 2.63. The first-order valence-electron chi connectivity index (χ1n) is 9.18. The van der Waals surface area contributed by atoms with E-state index in [4.69, 9.17) is 9.47 Å². The number of ether oxygens (including phenoxy) is 2. The quantitative estimate of drug-likeness (QED) is 0.530. The fourth-order valence-corrected chi connectivity index (χ4v) is 2.70. The van der Waals surface area contributed by atoms with Gasteiger partial charge in [0.1, 0.15) is 18.1 Å². The first-order valence-corrected chi connectivity index (χ1v) is 9.18. The van der Waals surface area contributed by atoms with E-state index in [0.29, 0.717) is 6.61 Å². The molecule has 0 N–H and O–H groups in total. The molecule has 0 unspecified atom stereocenters. The Labute approximate surface area is 146 Å². The highest BCUT2D eigenvalue weighted by Gasteiger charge is 2.05. The number of rotatable bonds is 10. The molecule has 0 saturated carbocycles. The standard InChI is InChI=1S/C22H30O2/c1-4-15-23-21-13-9-20(10-14-21)17-24-22-11-7-19(8-12-22)16-18(5-2)6-3/h7-14,18H,4-6,15-17H2,1-3H3. The van der Waals surface area contributed by atoms with Gasteiger partial charge < -0.3 is 9.47 Å². The second-order valence-electron chi connectivity index (χ2n) is 6.31. The van der Waals surface area contributed by atoms with Crippen molar-refractivity contribution in [3.05, 3.63) is 59.7 Å². The molecule has 0 atom stereocenters. The van der Waals surface area contributed by atoms with Crippen LogP contribution < -0.4 is 9.47 Å². The van der Waals surface area contributed by atoms with E-state index in [0.717, 1.165) is 42.4 Å². The molecular weight excluding hydrogens is 296 g/mol. The van der Waals surface area contributed by atoms with Crippen molar-refractivity contribution in [1.29, 1.82) is 0 Å². The predicted molar refractivity (Wildman–Crippen MR) is 101 cm³/mol. The van der Waals surface area contributed by atoms with Crippen molar-refractivity contribution in [3.63, 3.8) is 0 Å². The first kappa shape index (κ1) is 18.4. The van der Waals surface area contributed by atoms with Crippen LogP contribution in [0.15, 0.2) is 48.5 Å². The average Bonchev–Trinajstić information content (AvgIpc) is 2.64. The van der Waals surface area contributed by atoms with Crippen LogP contribution in [-0.4, -0.2) is 6.61 Å². The molecule has 0 spiro atoms. The van der Waals surface area contributed by atoms with Crippen LogP contribution in [0, 0.1) is 5.92 Å². The summed E-state index contributed by atoms with van der Waals surface area (Å²) in [6.07, 6.45) is 4.67. The third kappa shape index (κ3) is 5.92. The van der Waals surface area contributed by atoms with Gasteiger partial charge in [0.2, 0.25) is 0 Å². The Kier molecular flexibility index (Phi) is 7.67. The lowest BCUT2D eigenvalue weighted by Gasteiger charge is -2.13. The monoisotopic (exact) mass is 326 g/mol. The maximum absolute atomic E-state index is 5.88. The van der Waals surface area contributed by atoms with Crippen LogP contribution in [0.5, 0.6) is 11.5 Å². The van der Waals surface area contributed by atoms with E-state index in [1.165, 1.54) is 18.4 Å². The molecule has 0 bridgehead atoms. The molecule has 2 rings (SSSR count). The molecule has 0 aromatic heterocycles. The van der Waals surface area contributed by atoms with E-state index >= 15 is 0 Å². The van der Waals surface area contributed by atoms with Gasteiger partial charge in [-0.05, 0) is 54.2 Å². The highest BCUT2D eigenvalue weighted by Crippen LogP contribution is 2.20. The zero-order chi connectivity index (χ0) is 17.2. The van der Waals surface area contributed by atoms with E-state index in [1.54, 1.807) is 0 Å². The van der Waals surface area contributed by atoms with E-state index in [1.807, 2.05) is 12.1 Å². The van der Waals surface area contributed by atoms with Crippen LogP contribution in [-0.2, 0) is 13.0 Å². The van der Waals surface area contributed by atoms with Crippen molar-refractivity contribution in [1.82, 2.24) is 0 Å². The zero-order valence-corrected chi connectivity index (χ0v) is 15.3. The molecule has 24 heavy (non-hydrogen) atoms. The average molecular weight is 326 g/mol. The van der Waals surface area contributed by atoms with Gasteiger partial charge in [-0.2, -0.15) is 0 Å². The fraction of sp³-hybridized carbons (Fsp3) is 0.455. The van der Waals surface area contributed by atoms with Crippen LogP contribution >= 0.6 is 0 Å². The van der Waals surface area contributed by atoms with Gasteiger partial charge in [-0.15, -0.1) is 0 Å². The van der Waals surface area contributed by atoms with Gasteiger partial charge in [0, 0.05) is 0 Å². The number of hydrogen-bond donors (Lipinski definition) is 0. The number of hydrogen-bond acceptors (Lipinski definition) is 2. The Morgan fingerprint density at radius 3 is 1.79 bits per heavy atom. The van der Waals surface area contributed by atoms with E-state index < -0.39 is 0 Å². The van der Waals surface area contributed by atoms with Crippen LogP contribution in [0.1, 0.15) is 51.2 Å². The smallest absolute Gasteiger partial charge is 0.119 e. The third-order valence-electron chi connectivity index (χ3n) is 4.40. The molecule has 0 saturated heterocycles. The molecule has 2 aromatic rings. The second-order valence-corrected chi connectivity index (χ2v) is 6.31. The van der Waals surface area contributed by atoms with Crippen LogP contribution in [0.25, 0.3) is 0 Å². The van der Waals surface area contributed by atoms with Crippen LogP contribution in [0.4, 0.5) is 0 Å². The molecule has 0 radical (unpaired) electrons. The highest BCUT2D eigenvalue weighted by atomic mass is 16.5. The zero-order valence-electron chi connectivity index (χ0n) is 15.3. The molecule has 0 aliphatic carbocycles. The van der Waals surface area contributed by atoms with Gasteiger partial charge in [-0.25, -0.2) is 0 Å². The molecule has 0 amide bonds. The first-order chi connectivity index (χ1) is 11.7. The van der Waals surface area contributed by atoms with Gasteiger partial charge in [0.25, 0.3) is 0 Å². The summed E-state index contributed by atoms with van der Waals surface area (Å²) in [6.45, 7) is 7.99. The highest BCUT2D eigenvalue weighted by molar-refractivity contribution is 5.29. The molecule has 0 aliphatic heterocycles. The van der Waals surface area contributed by atoms with Gasteiger partial charge in [0.15, 0.2) is 0 Å². The fourth-order valence-electron chi connectivity index (χ4n) is 2.70. The molecule has 2 aromatic carbocycles. The molecule has 2 heteroatoms. The maximum Gasteiger partial charge on any atom is 0.119 e. The van der Waals surface area contributed by atoms with E-state index in [2.05, 4.69) is 57.2 Å². The summed E-state index contributed by atoms with van der Waals surface area (Å²) < 4.78 is 11.5. The summed E-state index contributed by atoms with van der Waals surface area (Å²) in [7, 11) is 0. The van der Waals surface area contributed by atoms with Crippen molar-refractivity contribution >= 4 is 0 Å². The Bertz CT molecular complexity index is 568. The minimum atomic E-state index is 0.583. The van der Waals surface area contributed by atoms with Gasteiger partial charge in [0.05, 0.1) is 6.61 Å².